The second kappa shape index (κ2) is 10.7. The molecule has 2 aromatic carbocycles. The summed E-state index contributed by atoms with van der Waals surface area (Å²) in [5.74, 6) is -0.551. The highest BCUT2D eigenvalue weighted by atomic mass is 35.5. The second-order valence-corrected chi connectivity index (χ2v) is 8.28. The van der Waals surface area contributed by atoms with Gasteiger partial charge >= 0.3 is 0 Å². The average molecular weight is 473 g/mol. The number of aliphatic hydroxyl groups is 1. The number of Topliss-reactive ketones (excluding diaryl/α,β-unsaturated/α-hetero) is 1. The Morgan fingerprint density at radius 2 is 1.64 bits per heavy atom. The largest absolute Gasteiger partial charge is 0.507 e. The number of hydrogen-bond acceptors (Lipinski definition) is 6. The Bertz CT molecular complexity index is 1050. The molecule has 1 unspecified atom stereocenters. The molecule has 33 heavy (non-hydrogen) atoms. The van der Waals surface area contributed by atoms with Crippen molar-refractivity contribution in [2.45, 2.75) is 19.9 Å². The molecule has 8 heteroatoms. The number of carbonyl (C=O) groups excluding carboxylic acids is 2. The van der Waals surface area contributed by atoms with Crippen LogP contribution in [-0.4, -0.2) is 67.0 Å². The first kappa shape index (κ1) is 24.6. The van der Waals surface area contributed by atoms with E-state index in [0.29, 0.717) is 43.4 Å². The molecule has 1 aliphatic rings. The predicted octanol–water partition coefficient (Wildman–Crippen LogP) is 4.12. The quantitative estimate of drug-likeness (QED) is 0.336. The zero-order valence-electron chi connectivity index (χ0n) is 19.3. The summed E-state index contributed by atoms with van der Waals surface area (Å²) in [5, 5.41) is 11.5. The summed E-state index contributed by atoms with van der Waals surface area (Å²) in [4.78, 5) is 29.5. The Hall–Kier alpha value is -3.03. The van der Waals surface area contributed by atoms with Crippen molar-refractivity contribution < 1.29 is 24.2 Å². The van der Waals surface area contributed by atoms with Crippen LogP contribution in [0.25, 0.3) is 5.76 Å². The minimum atomic E-state index is -0.757. The number of rotatable bonds is 9. The Morgan fingerprint density at radius 1 is 1.03 bits per heavy atom. The van der Waals surface area contributed by atoms with E-state index in [1.54, 1.807) is 42.5 Å². The van der Waals surface area contributed by atoms with Crippen LogP contribution in [0.1, 0.15) is 31.0 Å². The monoisotopic (exact) mass is 472 g/mol. The summed E-state index contributed by atoms with van der Waals surface area (Å²) < 4.78 is 11.0. The summed E-state index contributed by atoms with van der Waals surface area (Å²) in [6, 6.07) is 11.3. The van der Waals surface area contributed by atoms with Crippen molar-refractivity contribution >= 4 is 29.1 Å². The van der Waals surface area contributed by atoms with Gasteiger partial charge in [-0.15, -0.1) is 0 Å². The van der Waals surface area contributed by atoms with Crippen LogP contribution in [0.3, 0.4) is 0 Å². The van der Waals surface area contributed by atoms with E-state index in [2.05, 4.69) is 0 Å². The molecule has 3 rings (SSSR count). The third-order valence-electron chi connectivity index (χ3n) is 5.34. The summed E-state index contributed by atoms with van der Waals surface area (Å²) in [7, 11) is 3.78. The van der Waals surface area contributed by atoms with Gasteiger partial charge in [0.1, 0.15) is 17.3 Å². The average Bonchev–Trinajstić information content (AvgIpc) is 3.04. The molecule has 1 amide bonds. The molecule has 1 atom stereocenters. The number of hydrogen-bond donors (Lipinski definition) is 1. The maximum atomic E-state index is 13.1. The van der Waals surface area contributed by atoms with Gasteiger partial charge in [-0.25, -0.2) is 0 Å². The van der Waals surface area contributed by atoms with Gasteiger partial charge in [-0.05, 0) is 63.8 Å². The highest BCUT2D eigenvalue weighted by Gasteiger charge is 2.46. The van der Waals surface area contributed by atoms with E-state index in [1.807, 2.05) is 32.8 Å². The molecule has 0 radical (unpaired) electrons. The topological polar surface area (TPSA) is 79.3 Å². The first-order valence-corrected chi connectivity index (χ1v) is 11.2. The number of amides is 1. The van der Waals surface area contributed by atoms with E-state index in [-0.39, 0.29) is 21.9 Å². The third-order valence-corrected chi connectivity index (χ3v) is 5.67. The molecule has 0 spiro atoms. The molecule has 0 aliphatic carbocycles. The van der Waals surface area contributed by atoms with E-state index in [9.17, 15) is 14.7 Å². The molecule has 1 N–H and O–H groups in total. The highest BCUT2D eigenvalue weighted by molar-refractivity contribution is 6.47. The van der Waals surface area contributed by atoms with Crippen molar-refractivity contribution in [3.05, 3.63) is 64.2 Å². The second-order valence-electron chi connectivity index (χ2n) is 7.87. The van der Waals surface area contributed by atoms with Crippen molar-refractivity contribution in [3.63, 3.8) is 0 Å². The van der Waals surface area contributed by atoms with Gasteiger partial charge in [0.2, 0.25) is 0 Å². The number of ether oxygens (including phenoxy) is 2. The van der Waals surface area contributed by atoms with Gasteiger partial charge in [-0.2, -0.15) is 0 Å². The van der Waals surface area contributed by atoms with Crippen molar-refractivity contribution in [3.8, 4) is 11.5 Å². The fraction of sp³-hybridized carbons (Fsp3) is 0.360. The Labute approximate surface area is 199 Å². The first-order valence-electron chi connectivity index (χ1n) is 10.9. The number of benzene rings is 2. The maximum Gasteiger partial charge on any atom is 0.295 e. The van der Waals surface area contributed by atoms with Gasteiger partial charge in [0.25, 0.3) is 11.7 Å². The Balaban J connectivity index is 2.15. The summed E-state index contributed by atoms with van der Waals surface area (Å²) in [6.45, 7) is 5.57. The van der Waals surface area contributed by atoms with E-state index < -0.39 is 17.7 Å². The van der Waals surface area contributed by atoms with E-state index in [4.69, 9.17) is 21.1 Å². The lowest BCUT2D eigenvalue weighted by molar-refractivity contribution is -0.140. The molecule has 2 aromatic rings. The molecule has 176 valence electrons. The fourth-order valence-corrected chi connectivity index (χ4v) is 3.97. The Kier molecular flexibility index (Phi) is 8.00. The van der Waals surface area contributed by atoms with Crippen LogP contribution in [-0.2, 0) is 9.59 Å². The molecule has 7 nitrogen and oxygen atoms in total. The SMILES string of the molecule is CCOc1ccc(C2/C(=C(\O)c3cc(OCC)ccc3Cl)C(=O)C(=O)N2CCN(C)C)cc1. The highest BCUT2D eigenvalue weighted by Crippen LogP contribution is 2.41. The van der Waals surface area contributed by atoms with Gasteiger partial charge < -0.3 is 24.4 Å². The standard InChI is InChI=1S/C25H29ClN2O5/c1-5-32-17-9-7-16(8-10-17)22-21(24(30)25(31)28(22)14-13-27(3)4)23(29)19-15-18(33-6-2)11-12-20(19)26/h7-12,15,22,29H,5-6,13-14H2,1-4H3/b23-21+. The molecule has 1 heterocycles. The van der Waals surface area contributed by atoms with Crippen molar-refractivity contribution in [2.75, 3.05) is 40.4 Å². The van der Waals surface area contributed by atoms with Crippen LogP contribution in [0, 0.1) is 0 Å². The number of carbonyl (C=O) groups is 2. The van der Waals surface area contributed by atoms with Gasteiger partial charge in [-0.1, -0.05) is 23.7 Å². The molecular weight excluding hydrogens is 444 g/mol. The lowest BCUT2D eigenvalue weighted by Crippen LogP contribution is -2.35. The van der Waals surface area contributed by atoms with Gasteiger partial charge in [0.05, 0.1) is 29.9 Å². The van der Waals surface area contributed by atoms with Crippen LogP contribution in [0.4, 0.5) is 0 Å². The van der Waals surface area contributed by atoms with Crippen LogP contribution in [0.2, 0.25) is 5.02 Å². The molecule has 0 saturated carbocycles. The Morgan fingerprint density at radius 3 is 2.24 bits per heavy atom. The molecule has 1 aliphatic heterocycles. The molecule has 0 bridgehead atoms. The van der Waals surface area contributed by atoms with Gasteiger partial charge in [0, 0.05) is 18.7 Å². The zero-order chi connectivity index (χ0) is 24.1. The third kappa shape index (κ3) is 5.31. The van der Waals surface area contributed by atoms with Gasteiger partial charge in [-0.3, -0.25) is 9.59 Å². The molecular formula is C25H29ClN2O5. The van der Waals surface area contributed by atoms with Gasteiger partial charge in [0.15, 0.2) is 0 Å². The predicted molar refractivity (Wildman–Crippen MR) is 128 cm³/mol. The molecule has 1 saturated heterocycles. The lowest BCUT2D eigenvalue weighted by atomic mass is 9.95. The minimum absolute atomic E-state index is 0.00142. The first-order chi connectivity index (χ1) is 15.8. The minimum Gasteiger partial charge on any atom is -0.507 e. The maximum absolute atomic E-state index is 13.1. The van der Waals surface area contributed by atoms with Crippen molar-refractivity contribution in [1.29, 1.82) is 0 Å². The number of likely N-dealkylation sites (N-methyl/N-ethyl adjacent to an activating group) is 1. The van der Waals surface area contributed by atoms with Crippen molar-refractivity contribution in [1.82, 2.24) is 9.80 Å². The van der Waals surface area contributed by atoms with E-state index in [1.165, 1.54) is 4.90 Å². The van der Waals surface area contributed by atoms with E-state index >= 15 is 0 Å². The number of nitrogens with zero attached hydrogens (tertiary/aromatic N) is 2. The molecule has 1 fully saturated rings. The van der Waals surface area contributed by atoms with Crippen molar-refractivity contribution in [2.24, 2.45) is 0 Å². The normalized spacial score (nSPS) is 17.6. The van der Waals surface area contributed by atoms with Crippen LogP contribution in [0.5, 0.6) is 11.5 Å². The van der Waals surface area contributed by atoms with Crippen LogP contribution in [0.15, 0.2) is 48.0 Å². The number of ketones is 1. The van der Waals surface area contributed by atoms with E-state index in [0.717, 1.165) is 0 Å². The number of aliphatic hydroxyl groups excluding tert-OH is 1. The smallest absolute Gasteiger partial charge is 0.295 e. The molecule has 0 aromatic heterocycles. The summed E-state index contributed by atoms with van der Waals surface area (Å²) in [6.07, 6.45) is 0. The van der Waals surface area contributed by atoms with Crippen LogP contribution >= 0.6 is 11.6 Å². The summed E-state index contributed by atoms with van der Waals surface area (Å²) >= 11 is 6.36. The number of halogens is 1. The lowest BCUT2D eigenvalue weighted by Gasteiger charge is -2.26. The zero-order valence-corrected chi connectivity index (χ0v) is 20.1. The van der Waals surface area contributed by atoms with Crippen LogP contribution < -0.4 is 9.47 Å². The fourth-order valence-electron chi connectivity index (χ4n) is 3.77. The number of likely N-dealkylation sites (tertiary alicyclic amines) is 1. The summed E-state index contributed by atoms with van der Waals surface area (Å²) in [5.41, 5.74) is 0.928.